The van der Waals surface area contributed by atoms with Crippen molar-refractivity contribution in [2.45, 2.75) is 6.10 Å². The van der Waals surface area contributed by atoms with Crippen molar-refractivity contribution in [1.29, 1.82) is 0 Å². The molecule has 1 saturated heterocycles. The molecule has 5 heteroatoms. The second kappa shape index (κ2) is 3.58. The number of carbonyl (C=O) groups excluding carboxylic acids is 1. The molecular formula is C10H9F2NO2. The summed E-state index contributed by atoms with van der Waals surface area (Å²) in [6.45, 7) is 0.408. The van der Waals surface area contributed by atoms with Gasteiger partial charge in [0.15, 0.2) is 0 Å². The van der Waals surface area contributed by atoms with Crippen molar-refractivity contribution in [1.82, 2.24) is 4.90 Å². The van der Waals surface area contributed by atoms with Crippen LogP contribution in [0.25, 0.3) is 0 Å². The van der Waals surface area contributed by atoms with Gasteiger partial charge in [0.1, 0.15) is 11.6 Å². The van der Waals surface area contributed by atoms with Crippen molar-refractivity contribution >= 4 is 5.91 Å². The molecule has 0 aromatic heterocycles. The predicted molar refractivity (Wildman–Crippen MR) is 48.3 cm³/mol. The zero-order valence-electron chi connectivity index (χ0n) is 7.78. The number of nitrogens with zero attached hydrogens (tertiary/aromatic N) is 1. The monoisotopic (exact) mass is 213 g/mol. The van der Waals surface area contributed by atoms with Crippen molar-refractivity contribution in [3.05, 3.63) is 35.4 Å². The third kappa shape index (κ3) is 1.83. The van der Waals surface area contributed by atoms with Gasteiger partial charge in [-0.15, -0.1) is 0 Å². The predicted octanol–water partition coefficient (Wildman–Crippen LogP) is 0.782. The Bertz CT molecular complexity index is 402. The molecule has 80 valence electrons. The van der Waals surface area contributed by atoms with E-state index in [1.54, 1.807) is 0 Å². The van der Waals surface area contributed by atoms with Gasteiger partial charge in [-0.1, -0.05) is 0 Å². The van der Waals surface area contributed by atoms with E-state index in [1.807, 2.05) is 0 Å². The Labute approximate surface area is 84.9 Å². The third-order valence-electron chi connectivity index (χ3n) is 2.31. The number of hydrogen-bond donors (Lipinski definition) is 1. The molecule has 0 saturated carbocycles. The maximum Gasteiger partial charge on any atom is 0.257 e. The fourth-order valence-corrected chi connectivity index (χ4v) is 1.45. The summed E-state index contributed by atoms with van der Waals surface area (Å²) < 4.78 is 25.7. The van der Waals surface area contributed by atoms with Crippen molar-refractivity contribution < 1.29 is 18.7 Å². The number of halogens is 2. The van der Waals surface area contributed by atoms with Gasteiger partial charge in [-0.3, -0.25) is 4.79 Å². The second-order valence-electron chi connectivity index (χ2n) is 3.49. The number of aliphatic hydroxyl groups is 1. The minimum Gasteiger partial charge on any atom is -0.389 e. The Morgan fingerprint density at radius 1 is 1.40 bits per heavy atom. The van der Waals surface area contributed by atoms with Crippen LogP contribution in [0.3, 0.4) is 0 Å². The molecule has 1 heterocycles. The number of likely N-dealkylation sites (tertiary alicyclic amines) is 1. The summed E-state index contributed by atoms with van der Waals surface area (Å²) >= 11 is 0. The van der Waals surface area contributed by atoms with Crippen molar-refractivity contribution in [2.24, 2.45) is 0 Å². The van der Waals surface area contributed by atoms with Crippen LogP contribution in [0.1, 0.15) is 10.4 Å². The molecule has 0 spiro atoms. The second-order valence-corrected chi connectivity index (χ2v) is 3.49. The summed E-state index contributed by atoms with van der Waals surface area (Å²) in [5.41, 5.74) is -0.164. The molecule has 0 unspecified atom stereocenters. The highest BCUT2D eigenvalue weighted by molar-refractivity contribution is 5.95. The van der Waals surface area contributed by atoms with Crippen LogP contribution in [0, 0.1) is 11.6 Å². The van der Waals surface area contributed by atoms with Crippen LogP contribution in [0.4, 0.5) is 8.78 Å². The number of rotatable bonds is 1. The Morgan fingerprint density at radius 3 is 2.60 bits per heavy atom. The lowest BCUT2D eigenvalue weighted by Crippen LogP contribution is -2.53. The molecule has 1 aromatic carbocycles. The van der Waals surface area contributed by atoms with Gasteiger partial charge in [0, 0.05) is 19.2 Å². The van der Waals surface area contributed by atoms with E-state index in [4.69, 9.17) is 5.11 Å². The molecule has 0 bridgehead atoms. The van der Waals surface area contributed by atoms with Gasteiger partial charge in [-0.2, -0.15) is 0 Å². The summed E-state index contributed by atoms with van der Waals surface area (Å²) in [5, 5.41) is 8.98. The SMILES string of the molecule is O=C(c1ccc(F)cc1F)N1CC(O)C1. The lowest BCUT2D eigenvalue weighted by Gasteiger charge is -2.35. The fraction of sp³-hybridized carbons (Fsp3) is 0.300. The largest absolute Gasteiger partial charge is 0.389 e. The summed E-state index contributed by atoms with van der Waals surface area (Å²) in [7, 11) is 0. The smallest absolute Gasteiger partial charge is 0.257 e. The summed E-state index contributed by atoms with van der Waals surface area (Å²) in [5.74, 6) is -2.10. The van der Waals surface area contributed by atoms with E-state index in [1.165, 1.54) is 4.90 Å². The molecule has 1 aliphatic rings. The number of benzene rings is 1. The highest BCUT2D eigenvalue weighted by Gasteiger charge is 2.30. The molecule has 1 amide bonds. The van der Waals surface area contributed by atoms with Gasteiger partial charge in [0.05, 0.1) is 11.7 Å². The molecule has 1 fully saturated rings. The maximum absolute atomic E-state index is 13.2. The number of aliphatic hydroxyl groups excluding tert-OH is 1. The molecule has 1 N–H and O–H groups in total. The maximum atomic E-state index is 13.2. The Balaban J connectivity index is 2.19. The van der Waals surface area contributed by atoms with E-state index in [0.29, 0.717) is 6.07 Å². The molecule has 0 aliphatic carbocycles. The molecule has 3 nitrogen and oxygen atoms in total. The topological polar surface area (TPSA) is 40.5 Å². The van der Waals surface area contributed by atoms with E-state index in [9.17, 15) is 13.6 Å². The minimum absolute atomic E-state index is 0.164. The van der Waals surface area contributed by atoms with Crippen molar-refractivity contribution in [3.63, 3.8) is 0 Å². The van der Waals surface area contributed by atoms with E-state index >= 15 is 0 Å². The van der Waals surface area contributed by atoms with Gasteiger partial charge in [0.25, 0.3) is 5.91 Å². The van der Waals surface area contributed by atoms with Crippen molar-refractivity contribution in [2.75, 3.05) is 13.1 Å². The van der Waals surface area contributed by atoms with Gasteiger partial charge < -0.3 is 10.0 Å². The molecule has 2 rings (SSSR count). The number of hydrogen-bond acceptors (Lipinski definition) is 2. The third-order valence-corrected chi connectivity index (χ3v) is 2.31. The standard InChI is InChI=1S/C10H9F2NO2/c11-6-1-2-8(9(12)3-6)10(15)13-4-7(14)5-13/h1-3,7,14H,4-5H2. The van der Waals surface area contributed by atoms with E-state index in [0.717, 1.165) is 12.1 Å². The Hall–Kier alpha value is -1.49. The van der Waals surface area contributed by atoms with Gasteiger partial charge >= 0.3 is 0 Å². The first kappa shape index (κ1) is 10.0. The van der Waals surface area contributed by atoms with Gasteiger partial charge in [-0.25, -0.2) is 8.78 Å². The molecule has 1 aliphatic heterocycles. The molecule has 0 radical (unpaired) electrons. The van der Waals surface area contributed by atoms with Gasteiger partial charge in [0.2, 0.25) is 0 Å². The Morgan fingerprint density at radius 2 is 2.07 bits per heavy atom. The zero-order valence-corrected chi connectivity index (χ0v) is 7.78. The first-order valence-electron chi connectivity index (χ1n) is 4.50. The van der Waals surface area contributed by atoms with Crippen LogP contribution >= 0.6 is 0 Å². The van der Waals surface area contributed by atoms with Crippen LogP contribution < -0.4 is 0 Å². The van der Waals surface area contributed by atoms with Crippen LogP contribution in [-0.4, -0.2) is 35.1 Å². The molecule has 15 heavy (non-hydrogen) atoms. The normalized spacial score (nSPS) is 16.3. The average molecular weight is 213 g/mol. The summed E-state index contributed by atoms with van der Waals surface area (Å²) in [6, 6.07) is 2.81. The highest BCUT2D eigenvalue weighted by atomic mass is 19.1. The van der Waals surface area contributed by atoms with Crippen LogP contribution in [0.2, 0.25) is 0 Å². The minimum atomic E-state index is -0.874. The first-order valence-corrected chi connectivity index (χ1v) is 4.50. The zero-order chi connectivity index (χ0) is 11.0. The van der Waals surface area contributed by atoms with E-state index < -0.39 is 23.6 Å². The Kier molecular flexibility index (Phi) is 2.40. The van der Waals surface area contributed by atoms with Crippen LogP contribution in [0.15, 0.2) is 18.2 Å². The molecule has 0 atom stereocenters. The first-order chi connectivity index (χ1) is 7.08. The summed E-state index contributed by atoms with van der Waals surface area (Å²) in [6.07, 6.45) is -0.530. The number of β-amino-alcohol motifs (C(OH)–C–C–N with tert-alkyl or cyclic N) is 1. The molecular weight excluding hydrogens is 204 g/mol. The number of carbonyl (C=O) groups is 1. The van der Waals surface area contributed by atoms with E-state index in [-0.39, 0.29) is 18.7 Å². The summed E-state index contributed by atoms with van der Waals surface area (Å²) in [4.78, 5) is 12.9. The van der Waals surface area contributed by atoms with Crippen LogP contribution in [0.5, 0.6) is 0 Å². The highest BCUT2D eigenvalue weighted by Crippen LogP contribution is 2.16. The fourth-order valence-electron chi connectivity index (χ4n) is 1.45. The lowest BCUT2D eigenvalue weighted by molar-refractivity contribution is 0.00558. The van der Waals surface area contributed by atoms with Crippen LogP contribution in [-0.2, 0) is 0 Å². The lowest BCUT2D eigenvalue weighted by atomic mass is 10.1. The van der Waals surface area contributed by atoms with Gasteiger partial charge in [-0.05, 0) is 12.1 Å². The average Bonchev–Trinajstić information content (AvgIpc) is 2.12. The molecule has 1 aromatic rings. The quantitative estimate of drug-likeness (QED) is 0.749. The number of amides is 1. The van der Waals surface area contributed by atoms with E-state index in [2.05, 4.69) is 0 Å². The van der Waals surface area contributed by atoms with Crippen molar-refractivity contribution in [3.8, 4) is 0 Å².